The summed E-state index contributed by atoms with van der Waals surface area (Å²) >= 11 is 0. The lowest BCUT2D eigenvalue weighted by Crippen LogP contribution is -2.43. The molecular formula is C18H28FN3O2. The van der Waals surface area contributed by atoms with Crippen LogP contribution < -0.4 is 15.4 Å². The first-order valence-electron chi connectivity index (χ1n) is 8.67. The number of aliphatic hydroxyl groups is 1. The predicted octanol–water partition coefficient (Wildman–Crippen LogP) is 2.45. The molecule has 0 heterocycles. The fourth-order valence-corrected chi connectivity index (χ4v) is 2.81. The van der Waals surface area contributed by atoms with Crippen molar-refractivity contribution in [1.29, 1.82) is 0 Å². The first kappa shape index (κ1) is 18.5. The molecule has 1 saturated carbocycles. The molecule has 0 radical (unpaired) electrons. The van der Waals surface area contributed by atoms with Crippen LogP contribution in [0.3, 0.4) is 0 Å². The summed E-state index contributed by atoms with van der Waals surface area (Å²) < 4.78 is 18.9. The van der Waals surface area contributed by atoms with Gasteiger partial charge in [-0.05, 0) is 38.8 Å². The highest BCUT2D eigenvalue weighted by Gasteiger charge is 2.30. The Morgan fingerprint density at radius 3 is 2.79 bits per heavy atom. The highest BCUT2D eigenvalue weighted by Crippen LogP contribution is 2.29. The maximum atomic E-state index is 13.2. The molecule has 24 heavy (non-hydrogen) atoms. The number of ether oxygens (including phenoxy) is 1. The van der Waals surface area contributed by atoms with E-state index in [1.807, 2.05) is 13.8 Å². The molecule has 3 N–H and O–H groups in total. The number of benzene rings is 1. The lowest BCUT2D eigenvalue weighted by Gasteiger charge is -2.21. The third-order valence-corrected chi connectivity index (χ3v) is 4.10. The number of nitrogens with zero attached hydrogens (tertiary/aromatic N) is 1. The summed E-state index contributed by atoms with van der Waals surface area (Å²) in [7, 11) is 0. The minimum atomic E-state index is -0.661. The molecule has 1 aromatic rings. The minimum Gasteiger partial charge on any atom is -0.489 e. The van der Waals surface area contributed by atoms with Gasteiger partial charge in [0.2, 0.25) is 0 Å². The lowest BCUT2D eigenvalue weighted by molar-refractivity contribution is 0.0574. The van der Waals surface area contributed by atoms with Crippen molar-refractivity contribution in [3.63, 3.8) is 0 Å². The molecule has 0 amide bonds. The Hall–Kier alpha value is -1.82. The number of rotatable bonds is 7. The summed E-state index contributed by atoms with van der Waals surface area (Å²) in [5, 5.41) is 16.8. The van der Waals surface area contributed by atoms with Crippen LogP contribution in [0.25, 0.3) is 0 Å². The summed E-state index contributed by atoms with van der Waals surface area (Å²) in [5.74, 6) is 0.853. The van der Waals surface area contributed by atoms with Crippen molar-refractivity contribution < 1.29 is 14.2 Å². The topological polar surface area (TPSA) is 65.9 Å². The molecule has 0 aliphatic heterocycles. The average molecular weight is 337 g/mol. The van der Waals surface area contributed by atoms with Crippen LogP contribution in [0.1, 0.15) is 39.5 Å². The zero-order chi connectivity index (χ0) is 17.4. The van der Waals surface area contributed by atoms with Crippen LogP contribution in [-0.2, 0) is 0 Å². The van der Waals surface area contributed by atoms with Crippen LogP contribution in [0.5, 0.6) is 5.75 Å². The van der Waals surface area contributed by atoms with E-state index in [0.717, 1.165) is 32.2 Å². The molecule has 1 aromatic carbocycles. The average Bonchev–Trinajstić information content (AvgIpc) is 2.97. The molecule has 6 heteroatoms. The van der Waals surface area contributed by atoms with Gasteiger partial charge in [-0.1, -0.05) is 18.9 Å². The number of aliphatic imine (C=N–C) groups is 1. The quantitative estimate of drug-likeness (QED) is 0.528. The third-order valence-electron chi connectivity index (χ3n) is 4.10. The number of halogens is 1. The molecule has 0 spiro atoms. The highest BCUT2D eigenvalue weighted by atomic mass is 19.1. The fourth-order valence-electron chi connectivity index (χ4n) is 2.81. The van der Waals surface area contributed by atoms with E-state index in [1.54, 1.807) is 12.1 Å². The van der Waals surface area contributed by atoms with Gasteiger partial charge in [0, 0.05) is 12.6 Å². The smallest absolute Gasteiger partial charge is 0.191 e. The van der Waals surface area contributed by atoms with Crippen LogP contribution >= 0.6 is 0 Å². The van der Waals surface area contributed by atoms with Gasteiger partial charge in [-0.3, -0.25) is 4.99 Å². The molecule has 0 bridgehead atoms. The van der Waals surface area contributed by atoms with E-state index in [-0.39, 0.29) is 11.9 Å². The van der Waals surface area contributed by atoms with Gasteiger partial charge in [0.05, 0.1) is 18.7 Å². The molecule has 1 aliphatic rings. The number of hydrogen-bond donors (Lipinski definition) is 3. The Balaban J connectivity index is 1.83. The van der Waals surface area contributed by atoms with Gasteiger partial charge in [-0.2, -0.15) is 0 Å². The van der Waals surface area contributed by atoms with Crippen LogP contribution in [0.15, 0.2) is 29.3 Å². The summed E-state index contributed by atoms with van der Waals surface area (Å²) in [4.78, 5) is 4.49. The monoisotopic (exact) mass is 337 g/mol. The van der Waals surface area contributed by atoms with Crippen LogP contribution in [0.4, 0.5) is 4.39 Å². The van der Waals surface area contributed by atoms with E-state index in [4.69, 9.17) is 4.74 Å². The molecule has 0 saturated heterocycles. The van der Waals surface area contributed by atoms with Crippen molar-refractivity contribution in [2.75, 3.05) is 19.6 Å². The van der Waals surface area contributed by atoms with Crippen molar-refractivity contribution in [3.8, 4) is 5.75 Å². The Bertz CT molecular complexity index is 545. The van der Waals surface area contributed by atoms with E-state index in [0.29, 0.717) is 24.8 Å². The fraction of sp³-hybridized carbons (Fsp3) is 0.611. The van der Waals surface area contributed by atoms with Crippen molar-refractivity contribution in [3.05, 3.63) is 30.1 Å². The number of nitrogens with one attached hydrogen (secondary N) is 2. The van der Waals surface area contributed by atoms with E-state index in [2.05, 4.69) is 15.6 Å². The van der Waals surface area contributed by atoms with Gasteiger partial charge >= 0.3 is 0 Å². The summed E-state index contributed by atoms with van der Waals surface area (Å²) in [5.41, 5.74) is -0.661. The SMILES string of the molecule is CCNC(=NCC1(O)CCCC1)NCC(C)Oc1cccc(F)c1. The van der Waals surface area contributed by atoms with E-state index in [1.165, 1.54) is 12.1 Å². The first-order valence-corrected chi connectivity index (χ1v) is 8.67. The zero-order valence-electron chi connectivity index (χ0n) is 14.5. The summed E-state index contributed by atoms with van der Waals surface area (Å²) in [6, 6.07) is 6.11. The van der Waals surface area contributed by atoms with Crippen LogP contribution in [0.2, 0.25) is 0 Å². The third kappa shape index (κ3) is 6.00. The standard InChI is InChI=1S/C18H28FN3O2/c1-3-20-17(22-13-18(23)9-4-5-10-18)21-12-14(2)24-16-8-6-7-15(19)11-16/h6-8,11,14,23H,3-5,9-10,12-13H2,1-2H3,(H2,20,21,22). The predicted molar refractivity (Wildman–Crippen MR) is 93.9 cm³/mol. The minimum absolute atomic E-state index is 0.148. The van der Waals surface area contributed by atoms with Gasteiger partial charge in [-0.15, -0.1) is 0 Å². The lowest BCUT2D eigenvalue weighted by atomic mass is 10.0. The van der Waals surface area contributed by atoms with Gasteiger partial charge in [-0.25, -0.2) is 4.39 Å². The second-order valence-corrected chi connectivity index (χ2v) is 6.39. The molecule has 1 aliphatic carbocycles. The van der Waals surface area contributed by atoms with Gasteiger partial charge < -0.3 is 20.5 Å². The Kier molecular flexibility index (Phi) is 6.85. The molecule has 0 aromatic heterocycles. The highest BCUT2D eigenvalue weighted by molar-refractivity contribution is 5.79. The second-order valence-electron chi connectivity index (χ2n) is 6.39. The second kappa shape index (κ2) is 8.87. The summed E-state index contributed by atoms with van der Waals surface area (Å²) in [6.07, 6.45) is 3.61. The molecule has 5 nitrogen and oxygen atoms in total. The van der Waals surface area contributed by atoms with Gasteiger partial charge in [0.15, 0.2) is 5.96 Å². The molecular weight excluding hydrogens is 309 g/mol. The molecule has 1 unspecified atom stereocenters. The van der Waals surface area contributed by atoms with Crippen LogP contribution in [-0.4, -0.2) is 42.4 Å². The Labute approximate surface area is 143 Å². The molecule has 1 atom stereocenters. The number of hydrogen-bond acceptors (Lipinski definition) is 3. The first-order chi connectivity index (χ1) is 11.5. The van der Waals surface area contributed by atoms with Crippen molar-refractivity contribution in [2.45, 2.75) is 51.2 Å². The maximum Gasteiger partial charge on any atom is 0.191 e. The summed E-state index contributed by atoms with van der Waals surface area (Å²) in [6.45, 7) is 5.58. The van der Waals surface area contributed by atoms with E-state index >= 15 is 0 Å². The zero-order valence-corrected chi connectivity index (χ0v) is 14.5. The van der Waals surface area contributed by atoms with Crippen LogP contribution in [0, 0.1) is 5.82 Å². The van der Waals surface area contributed by atoms with Crippen molar-refractivity contribution >= 4 is 5.96 Å². The normalized spacial score (nSPS) is 18.2. The number of guanidine groups is 1. The maximum absolute atomic E-state index is 13.2. The van der Waals surface area contributed by atoms with Gasteiger partial charge in [0.25, 0.3) is 0 Å². The van der Waals surface area contributed by atoms with E-state index in [9.17, 15) is 9.50 Å². The molecule has 2 rings (SSSR count). The Morgan fingerprint density at radius 1 is 1.38 bits per heavy atom. The molecule has 1 fully saturated rings. The van der Waals surface area contributed by atoms with Gasteiger partial charge in [0.1, 0.15) is 17.7 Å². The van der Waals surface area contributed by atoms with Crippen molar-refractivity contribution in [1.82, 2.24) is 10.6 Å². The Morgan fingerprint density at radius 2 is 2.12 bits per heavy atom. The van der Waals surface area contributed by atoms with E-state index < -0.39 is 5.60 Å². The van der Waals surface area contributed by atoms with Crippen molar-refractivity contribution in [2.24, 2.45) is 4.99 Å². The largest absolute Gasteiger partial charge is 0.489 e. The molecule has 134 valence electrons.